The minimum absolute atomic E-state index is 0. The van der Waals surface area contributed by atoms with Crippen molar-refractivity contribution in [2.45, 2.75) is 33.6 Å². The first kappa shape index (κ1) is 24.4. The molecule has 0 nitrogen and oxygen atoms in total. The van der Waals surface area contributed by atoms with Crippen LogP contribution in [-0.2, 0) is 20.9 Å². The maximum atomic E-state index is 2.48. The molecule has 4 rings (SSSR count). The molecular formula is C25H27Cl2SiZr. The number of hydrogen-bond acceptors (Lipinski definition) is 0. The molecular weight excluding hydrogens is 490 g/mol. The molecule has 0 heterocycles. The Hall–Kier alpha value is -0.920. The molecule has 2 aliphatic rings. The minimum atomic E-state index is -2.02. The summed E-state index contributed by atoms with van der Waals surface area (Å²) in [6, 6.07) is 22.9. The third kappa shape index (κ3) is 5.05. The van der Waals surface area contributed by atoms with Crippen molar-refractivity contribution in [3.8, 4) is 0 Å². The number of rotatable bonds is 5. The fraction of sp³-hybridized carbons (Fsp3) is 0.200. The molecule has 0 spiro atoms. The monoisotopic (exact) mass is 515 g/mol. The summed E-state index contributed by atoms with van der Waals surface area (Å²) in [5.41, 5.74) is 4.78. The van der Waals surface area contributed by atoms with Gasteiger partial charge in [0, 0.05) is 0 Å². The Balaban J connectivity index is 0.00000150. The Kier molecular flexibility index (Phi) is 9.16. The zero-order chi connectivity index (χ0) is 18.8. The second kappa shape index (κ2) is 10.9. The summed E-state index contributed by atoms with van der Waals surface area (Å²) in [5.74, 6) is -1.26. The standard InChI is InChI=1S/C12H11Si.C8H11.C5H5.2ClH.Zr/c1-3-7-11(8-4-1)13-12-9-5-2-6-10-12;1-6-4-5-7(2)8(6)3;1-2-4-5-3-1;;;/h1-10,13H;4H2,1-3H3;1-3H,4H2;2*1H;/q;;;;;+2/p-2. The average molecular weight is 518 g/mol. The molecule has 2 aliphatic carbocycles. The summed E-state index contributed by atoms with van der Waals surface area (Å²) in [7, 11) is 0. The topological polar surface area (TPSA) is 0 Å². The van der Waals surface area contributed by atoms with E-state index in [-0.39, 0.29) is 24.8 Å². The summed E-state index contributed by atoms with van der Waals surface area (Å²) in [6.45, 7) is 7.07. The van der Waals surface area contributed by atoms with E-state index in [1.807, 2.05) is 3.28 Å². The van der Waals surface area contributed by atoms with Crippen LogP contribution in [0.25, 0.3) is 0 Å². The molecule has 0 N–H and O–H groups in total. The third-order valence-corrected chi connectivity index (χ3v) is 27.8. The summed E-state index contributed by atoms with van der Waals surface area (Å²) < 4.78 is 3.67. The Bertz CT molecular complexity index is 919. The van der Waals surface area contributed by atoms with Crippen LogP contribution in [0, 0.1) is 0 Å². The fourth-order valence-corrected chi connectivity index (χ4v) is 28.6. The van der Waals surface area contributed by atoms with Crippen LogP contribution in [0.3, 0.4) is 0 Å². The molecule has 0 saturated heterocycles. The zero-order valence-corrected chi connectivity index (χ0v) is 22.4. The summed E-state index contributed by atoms with van der Waals surface area (Å²) in [6.07, 6.45) is 9.56. The van der Waals surface area contributed by atoms with Gasteiger partial charge >= 0.3 is 173 Å². The van der Waals surface area contributed by atoms with Crippen LogP contribution in [0.15, 0.2) is 102 Å². The molecule has 0 atom stereocenters. The molecule has 0 bridgehead atoms. The SMILES string of the molecule is CC1=C(C)C(C)=[C]([Zr+2]([C]2=CC=CC2)[SiH](c2ccccc2)c2ccccc2)C1.[Cl-].[Cl-]. The molecule has 4 heteroatoms. The van der Waals surface area contributed by atoms with Crippen LogP contribution in [-0.4, -0.2) is 5.92 Å². The van der Waals surface area contributed by atoms with Gasteiger partial charge in [-0.1, -0.05) is 0 Å². The summed E-state index contributed by atoms with van der Waals surface area (Å²) in [4.78, 5) is 0. The molecule has 0 amide bonds. The maximum absolute atomic E-state index is 2.48. The predicted octanol–water partition coefficient (Wildman–Crippen LogP) is -0.991. The Morgan fingerprint density at radius 1 is 0.759 bits per heavy atom. The fourth-order valence-electron chi connectivity index (χ4n) is 4.39. The molecule has 0 saturated carbocycles. The molecule has 0 unspecified atom stereocenters. The zero-order valence-electron chi connectivity index (χ0n) is 17.3. The van der Waals surface area contributed by atoms with Gasteiger partial charge in [-0.15, -0.1) is 0 Å². The van der Waals surface area contributed by atoms with Gasteiger partial charge in [-0.2, -0.15) is 0 Å². The number of allylic oxidation sites excluding steroid dienone is 8. The van der Waals surface area contributed by atoms with Crippen LogP contribution in [0.2, 0.25) is 0 Å². The first-order chi connectivity index (χ1) is 13.2. The van der Waals surface area contributed by atoms with Crippen LogP contribution < -0.4 is 35.2 Å². The predicted molar refractivity (Wildman–Crippen MR) is 117 cm³/mol. The van der Waals surface area contributed by atoms with Crippen LogP contribution in [0.1, 0.15) is 33.6 Å². The van der Waals surface area contributed by atoms with Gasteiger partial charge in [-0.3, -0.25) is 0 Å². The van der Waals surface area contributed by atoms with Crippen molar-refractivity contribution in [3.05, 3.63) is 102 Å². The van der Waals surface area contributed by atoms with Gasteiger partial charge in [-0.05, 0) is 0 Å². The van der Waals surface area contributed by atoms with E-state index in [0.717, 1.165) is 0 Å². The minimum Gasteiger partial charge on any atom is -1.00 e. The smallest absolute Gasteiger partial charge is 1.00 e. The van der Waals surface area contributed by atoms with E-state index in [0.29, 0.717) is 0 Å². The largest absolute Gasteiger partial charge is 1.00 e. The molecule has 2 aromatic carbocycles. The van der Waals surface area contributed by atoms with Crippen molar-refractivity contribution in [2.75, 3.05) is 0 Å². The van der Waals surface area contributed by atoms with E-state index >= 15 is 0 Å². The maximum Gasteiger partial charge on any atom is -1.00 e. The molecule has 0 aliphatic heterocycles. The van der Waals surface area contributed by atoms with E-state index in [2.05, 4.69) is 99.7 Å². The van der Waals surface area contributed by atoms with Gasteiger partial charge in [0.1, 0.15) is 0 Å². The van der Waals surface area contributed by atoms with Gasteiger partial charge in [0.25, 0.3) is 0 Å². The molecule has 29 heavy (non-hydrogen) atoms. The molecule has 2 aromatic rings. The van der Waals surface area contributed by atoms with Crippen molar-refractivity contribution in [3.63, 3.8) is 0 Å². The third-order valence-electron chi connectivity index (χ3n) is 6.09. The second-order valence-corrected chi connectivity index (χ2v) is 22.6. The molecule has 0 aromatic heterocycles. The average Bonchev–Trinajstić information content (AvgIpc) is 3.32. The summed E-state index contributed by atoms with van der Waals surface area (Å²) in [5, 5.41) is 3.27. The molecule has 0 radical (unpaired) electrons. The Morgan fingerprint density at radius 3 is 1.72 bits per heavy atom. The van der Waals surface area contributed by atoms with E-state index in [9.17, 15) is 0 Å². The van der Waals surface area contributed by atoms with Gasteiger partial charge < -0.3 is 24.8 Å². The number of halogens is 2. The van der Waals surface area contributed by atoms with Crippen LogP contribution >= 0.6 is 0 Å². The number of hydrogen-bond donors (Lipinski definition) is 0. The van der Waals surface area contributed by atoms with Gasteiger partial charge in [0.2, 0.25) is 0 Å². The molecule has 0 fully saturated rings. The second-order valence-electron chi connectivity index (χ2n) is 7.68. The molecule has 149 valence electrons. The van der Waals surface area contributed by atoms with Crippen molar-refractivity contribution in [1.82, 2.24) is 0 Å². The van der Waals surface area contributed by atoms with Gasteiger partial charge in [-0.25, -0.2) is 0 Å². The van der Waals surface area contributed by atoms with E-state index < -0.39 is 26.8 Å². The van der Waals surface area contributed by atoms with Crippen molar-refractivity contribution < 1.29 is 45.7 Å². The number of benzene rings is 2. The first-order valence-corrected chi connectivity index (χ1v) is 18.3. The van der Waals surface area contributed by atoms with E-state index in [1.54, 1.807) is 30.4 Å². The van der Waals surface area contributed by atoms with Crippen molar-refractivity contribution >= 4 is 16.3 Å². The quantitative estimate of drug-likeness (QED) is 0.447. The summed E-state index contributed by atoms with van der Waals surface area (Å²) >= 11 is -2.02. The Morgan fingerprint density at radius 2 is 1.31 bits per heavy atom. The van der Waals surface area contributed by atoms with E-state index in [1.165, 1.54) is 12.8 Å². The first-order valence-electron chi connectivity index (χ1n) is 9.86. The van der Waals surface area contributed by atoms with Crippen LogP contribution in [0.4, 0.5) is 0 Å². The van der Waals surface area contributed by atoms with Crippen LogP contribution in [0.5, 0.6) is 0 Å². The Labute approximate surface area is 196 Å². The van der Waals surface area contributed by atoms with Crippen molar-refractivity contribution in [1.29, 1.82) is 0 Å². The van der Waals surface area contributed by atoms with E-state index in [4.69, 9.17) is 0 Å². The normalized spacial score (nSPS) is 15.4. The van der Waals surface area contributed by atoms with Gasteiger partial charge in [0.15, 0.2) is 0 Å². The van der Waals surface area contributed by atoms with Crippen molar-refractivity contribution in [2.24, 2.45) is 0 Å². The van der Waals surface area contributed by atoms with Gasteiger partial charge in [0.05, 0.1) is 0 Å².